The number of halogens is 1. The molecule has 3 aromatic rings. The second-order valence-corrected chi connectivity index (χ2v) is 12.3. The fourth-order valence-corrected chi connectivity index (χ4v) is 5.25. The molecule has 1 aliphatic rings. The van der Waals surface area contributed by atoms with E-state index in [0.717, 1.165) is 22.9 Å². The lowest BCUT2D eigenvalue weighted by Gasteiger charge is -2.32. The maximum atomic E-state index is 13.9. The first-order valence-electron chi connectivity index (χ1n) is 13.5. The number of aromatic nitrogens is 2. The fourth-order valence-electron chi connectivity index (χ4n) is 4.99. The number of nitrogens with zero attached hydrogens (tertiary/aromatic N) is 1. The first-order chi connectivity index (χ1) is 18.9. The van der Waals surface area contributed by atoms with E-state index in [1.807, 2.05) is 45.0 Å². The number of nitrogens with one attached hydrogen (secondary N) is 3. The van der Waals surface area contributed by atoms with Crippen LogP contribution in [0.25, 0.3) is 11.0 Å². The van der Waals surface area contributed by atoms with Crippen molar-refractivity contribution in [2.24, 2.45) is 17.6 Å². The van der Waals surface area contributed by atoms with Gasteiger partial charge < -0.3 is 25.8 Å². The topological polar surface area (TPSA) is 150 Å². The van der Waals surface area contributed by atoms with Crippen molar-refractivity contribution in [1.29, 1.82) is 0 Å². The van der Waals surface area contributed by atoms with Crippen molar-refractivity contribution in [1.82, 2.24) is 15.3 Å². The first-order valence-corrected chi connectivity index (χ1v) is 14.3. The molecule has 1 aliphatic carbocycles. The number of carbonyl (C=O) groups excluding carboxylic acids is 3. The lowest BCUT2D eigenvalue weighted by Crippen LogP contribution is -2.50. The number of imide groups is 1. The van der Waals surface area contributed by atoms with E-state index in [1.54, 1.807) is 18.2 Å². The summed E-state index contributed by atoms with van der Waals surface area (Å²) in [5, 5.41) is 2.82. The second kappa shape index (κ2) is 12.4. The quantitative estimate of drug-likeness (QED) is 0.310. The Balaban J connectivity index is 1.48. The molecule has 1 atom stereocenters. The number of anilines is 1. The van der Waals surface area contributed by atoms with E-state index < -0.39 is 23.6 Å². The van der Waals surface area contributed by atoms with Gasteiger partial charge in [-0.05, 0) is 94.7 Å². The van der Waals surface area contributed by atoms with Gasteiger partial charge in [0, 0.05) is 16.9 Å². The van der Waals surface area contributed by atoms with Crippen LogP contribution in [0.5, 0.6) is 0 Å². The highest BCUT2D eigenvalue weighted by Gasteiger charge is 2.35. The summed E-state index contributed by atoms with van der Waals surface area (Å²) in [6.45, 7) is 5.90. The van der Waals surface area contributed by atoms with Crippen LogP contribution >= 0.6 is 15.9 Å². The van der Waals surface area contributed by atoms with Crippen LogP contribution in [0.1, 0.15) is 52.0 Å². The number of fused-ring (bicyclic) bond motifs is 1. The zero-order valence-electron chi connectivity index (χ0n) is 23.0. The molecule has 0 unspecified atom stereocenters. The number of nitrogens with two attached hydrogens (primary N) is 1. The van der Waals surface area contributed by atoms with Gasteiger partial charge in [0.05, 0.1) is 22.8 Å². The van der Waals surface area contributed by atoms with Crippen molar-refractivity contribution < 1.29 is 19.1 Å². The van der Waals surface area contributed by atoms with E-state index in [-0.39, 0.29) is 29.9 Å². The largest absolute Gasteiger partial charge is 0.444 e. The van der Waals surface area contributed by atoms with Crippen LogP contribution in [0, 0.1) is 11.8 Å². The summed E-state index contributed by atoms with van der Waals surface area (Å²) in [5.41, 5.74) is 7.73. The maximum absolute atomic E-state index is 13.9. The summed E-state index contributed by atoms with van der Waals surface area (Å²) in [5.74, 6) is -0.977. The van der Waals surface area contributed by atoms with Crippen molar-refractivity contribution in [3.05, 3.63) is 63.0 Å². The summed E-state index contributed by atoms with van der Waals surface area (Å²) < 4.78 is 6.23. The minimum absolute atomic E-state index is 0.210. The fraction of sp³-hybridized carbons (Fsp3) is 0.448. The molecule has 40 heavy (non-hydrogen) atoms. The lowest BCUT2D eigenvalue weighted by molar-refractivity contribution is -0.130. The average Bonchev–Trinajstić information content (AvgIpc) is 3.27. The number of hydrogen-bond acceptors (Lipinski definition) is 6. The number of aromatic amines is 2. The van der Waals surface area contributed by atoms with Crippen LogP contribution in [0.4, 0.5) is 10.5 Å². The molecule has 1 heterocycles. The van der Waals surface area contributed by atoms with Crippen molar-refractivity contribution in [3.63, 3.8) is 0 Å². The molecule has 3 amide bonds. The standard InChI is InChI=1S/C29H36BrN5O5/c1-29(2,3)40-28(39)32-16-18-4-8-19(9-5-18)25(36)35(21-12-13-23-24(15-21)34-27(38)33-23)26(37)22(31)14-17-6-10-20(30)11-7-17/h6-7,10-13,15,18-19,22H,4-5,8-9,14,16,31H2,1-3H3,(H,32,39)(H2,33,34,38)/t18-,19-,22-/m0/s1. The van der Waals surface area contributed by atoms with Gasteiger partial charge in [0.25, 0.3) is 5.91 Å². The van der Waals surface area contributed by atoms with Gasteiger partial charge >= 0.3 is 11.8 Å². The lowest BCUT2D eigenvalue weighted by atomic mass is 9.81. The molecule has 4 rings (SSSR count). The Bertz CT molecular complexity index is 1420. The molecule has 5 N–H and O–H groups in total. The highest BCUT2D eigenvalue weighted by molar-refractivity contribution is 9.10. The zero-order valence-corrected chi connectivity index (χ0v) is 24.5. The molecule has 0 aliphatic heterocycles. The van der Waals surface area contributed by atoms with E-state index in [4.69, 9.17) is 10.5 Å². The maximum Gasteiger partial charge on any atom is 0.407 e. The molecule has 1 aromatic heterocycles. The van der Waals surface area contributed by atoms with Crippen LogP contribution < -0.4 is 21.6 Å². The van der Waals surface area contributed by atoms with Crippen LogP contribution in [-0.4, -0.2) is 46.1 Å². The molecule has 10 nitrogen and oxygen atoms in total. The minimum Gasteiger partial charge on any atom is -0.444 e. The number of ether oxygens (including phenoxy) is 1. The van der Waals surface area contributed by atoms with Crippen molar-refractivity contribution in [2.45, 2.75) is 64.5 Å². The number of amides is 3. The summed E-state index contributed by atoms with van der Waals surface area (Å²) in [6.07, 6.45) is 2.41. The number of benzene rings is 2. The van der Waals surface area contributed by atoms with E-state index in [9.17, 15) is 19.2 Å². The van der Waals surface area contributed by atoms with Gasteiger partial charge in [0.15, 0.2) is 0 Å². The van der Waals surface area contributed by atoms with E-state index in [2.05, 4.69) is 31.2 Å². The molecular weight excluding hydrogens is 578 g/mol. The molecule has 0 radical (unpaired) electrons. The Kier molecular flexibility index (Phi) is 9.15. The SMILES string of the molecule is CC(C)(C)OC(=O)NC[C@H]1CC[C@H](C(=O)N(C(=O)[C@@H](N)Cc2ccc(Br)cc2)c2ccc3[nH]c(=O)[nH]c3c2)CC1. The Hall–Kier alpha value is -3.44. The number of alkyl carbamates (subject to hydrolysis) is 1. The predicted octanol–water partition coefficient (Wildman–Crippen LogP) is 4.38. The number of rotatable bonds is 7. The van der Waals surface area contributed by atoms with Crippen molar-refractivity contribution >= 4 is 50.6 Å². The Morgan fingerprint density at radius 3 is 2.35 bits per heavy atom. The molecule has 0 spiro atoms. The van der Waals surface area contributed by atoms with Gasteiger partial charge in [-0.3, -0.25) is 9.59 Å². The molecule has 1 fully saturated rings. The smallest absolute Gasteiger partial charge is 0.407 e. The summed E-state index contributed by atoms with van der Waals surface area (Å²) in [7, 11) is 0. The molecule has 0 bridgehead atoms. The minimum atomic E-state index is -0.944. The van der Waals surface area contributed by atoms with Crippen LogP contribution in [0.3, 0.4) is 0 Å². The predicted molar refractivity (Wildman–Crippen MR) is 157 cm³/mol. The third-order valence-corrected chi connectivity index (χ3v) is 7.54. The van der Waals surface area contributed by atoms with Crippen molar-refractivity contribution in [3.8, 4) is 0 Å². The summed E-state index contributed by atoms with van der Waals surface area (Å²) in [4.78, 5) is 58.0. The van der Waals surface area contributed by atoms with E-state index in [0.29, 0.717) is 36.1 Å². The molecule has 11 heteroatoms. The second-order valence-electron chi connectivity index (χ2n) is 11.4. The number of carbonyl (C=O) groups is 3. The molecule has 0 saturated heterocycles. The summed E-state index contributed by atoms with van der Waals surface area (Å²) in [6, 6.07) is 11.5. The first kappa shape index (κ1) is 29.5. The van der Waals surface area contributed by atoms with Crippen molar-refractivity contribution in [2.75, 3.05) is 11.4 Å². The van der Waals surface area contributed by atoms with E-state index >= 15 is 0 Å². The Labute approximate surface area is 241 Å². The zero-order chi connectivity index (χ0) is 29.0. The van der Waals surface area contributed by atoms with Gasteiger partial charge in [-0.15, -0.1) is 0 Å². The Morgan fingerprint density at radius 2 is 1.70 bits per heavy atom. The third-order valence-electron chi connectivity index (χ3n) is 7.01. The average molecular weight is 615 g/mol. The van der Waals surface area contributed by atoms with Gasteiger partial charge in [-0.2, -0.15) is 0 Å². The molecule has 2 aromatic carbocycles. The molecular formula is C29H36BrN5O5. The third kappa shape index (κ3) is 7.60. The van der Waals surface area contributed by atoms with Gasteiger partial charge in [0.1, 0.15) is 5.60 Å². The number of hydrogen-bond donors (Lipinski definition) is 4. The number of H-pyrrole nitrogens is 2. The van der Waals surface area contributed by atoms with Gasteiger partial charge in [0.2, 0.25) is 5.91 Å². The number of imidazole rings is 1. The Morgan fingerprint density at radius 1 is 1.05 bits per heavy atom. The van der Waals surface area contributed by atoms with Crippen LogP contribution in [0.2, 0.25) is 0 Å². The monoisotopic (exact) mass is 613 g/mol. The molecule has 1 saturated carbocycles. The van der Waals surface area contributed by atoms with Crippen LogP contribution in [0.15, 0.2) is 51.7 Å². The van der Waals surface area contributed by atoms with E-state index in [1.165, 1.54) is 4.90 Å². The normalized spacial score (nSPS) is 18.2. The van der Waals surface area contributed by atoms with Gasteiger partial charge in [-0.1, -0.05) is 28.1 Å². The molecule has 214 valence electrons. The van der Waals surface area contributed by atoms with Gasteiger partial charge in [-0.25, -0.2) is 14.5 Å². The van der Waals surface area contributed by atoms with Crippen LogP contribution in [-0.2, 0) is 20.7 Å². The highest BCUT2D eigenvalue weighted by Crippen LogP contribution is 2.32. The summed E-state index contributed by atoms with van der Waals surface area (Å²) >= 11 is 3.41. The highest BCUT2D eigenvalue weighted by atomic mass is 79.9.